The molecule has 6 heteroatoms. The number of ether oxygens (including phenoxy) is 1. The minimum Gasteiger partial charge on any atom is -0.480 e. The highest BCUT2D eigenvalue weighted by molar-refractivity contribution is 7.08. The fourth-order valence-corrected chi connectivity index (χ4v) is 3.19. The largest absolute Gasteiger partial charge is 0.480 e. The molecule has 0 aliphatic carbocycles. The summed E-state index contributed by atoms with van der Waals surface area (Å²) in [4.78, 5) is 12.2. The van der Waals surface area contributed by atoms with Crippen LogP contribution in [0.1, 0.15) is 18.1 Å². The van der Waals surface area contributed by atoms with Gasteiger partial charge in [-0.05, 0) is 47.5 Å². The van der Waals surface area contributed by atoms with Gasteiger partial charge in [-0.3, -0.25) is 4.79 Å². The molecule has 0 spiro atoms. The Labute approximate surface area is 131 Å². The molecule has 22 heavy (non-hydrogen) atoms. The fourth-order valence-electron chi connectivity index (χ4n) is 2.41. The summed E-state index contributed by atoms with van der Waals surface area (Å²) >= 11 is 1.49. The van der Waals surface area contributed by atoms with Gasteiger partial charge in [0.2, 0.25) is 0 Å². The van der Waals surface area contributed by atoms with Crippen LogP contribution in [0.2, 0.25) is 0 Å². The molecular formula is C16H16FNO3S. The summed E-state index contributed by atoms with van der Waals surface area (Å²) in [6.07, 6.45) is -0.352. The van der Waals surface area contributed by atoms with Crippen LogP contribution in [0.5, 0.6) is 5.75 Å². The molecule has 1 aliphatic rings. The smallest absolute Gasteiger partial charge is 0.261 e. The average Bonchev–Trinajstić information content (AvgIpc) is 3.13. The van der Waals surface area contributed by atoms with Gasteiger partial charge in [0.05, 0.1) is 6.54 Å². The summed E-state index contributed by atoms with van der Waals surface area (Å²) in [5.41, 5.74) is 0.313. The topological polar surface area (TPSA) is 58.6 Å². The number of amides is 1. The molecule has 2 atom stereocenters. The lowest BCUT2D eigenvalue weighted by molar-refractivity contribution is -0.128. The standard InChI is InChI=1S/C16H16FNO3S/c1-16(20,11-4-5-22-8-11)9-18-15(19)14-7-10-6-12(17)2-3-13(10)21-14/h2-6,8,14,20H,7,9H2,1H3,(H,18,19). The van der Waals surface area contributed by atoms with E-state index in [1.807, 2.05) is 16.8 Å². The van der Waals surface area contributed by atoms with Gasteiger partial charge < -0.3 is 15.2 Å². The van der Waals surface area contributed by atoms with Crippen LogP contribution < -0.4 is 10.1 Å². The number of carbonyl (C=O) groups excluding carboxylic acids is 1. The zero-order valence-electron chi connectivity index (χ0n) is 12.0. The van der Waals surface area contributed by atoms with Crippen molar-refractivity contribution in [2.75, 3.05) is 6.54 Å². The van der Waals surface area contributed by atoms with Gasteiger partial charge in [-0.1, -0.05) is 0 Å². The lowest BCUT2D eigenvalue weighted by atomic mass is 9.99. The molecule has 2 unspecified atom stereocenters. The van der Waals surface area contributed by atoms with Gasteiger partial charge in [0.25, 0.3) is 5.91 Å². The van der Waals surface area contributed by atoms with E-state index in [0.717, 1.165) is 5.56 Å². The van der Waals surface area contributed by atoms with Crippen molar-refractivity contribution < 1.29 is 19.0 Å². The van der Waals surface area contributed by atoms with E-state index >= 15 is 0 Å². The van der Waals surface area contributed by atoms with Gasteiger partial charge in [-0.25, -0.2) is 4.39 Å². The van der Waals surface area contributed by atoms with Crippen molar-refractivity contribution in [3.63, 3.8) is 0 Å². The highest BCUT2D eigenvalue weighted by Gasteiger charge is 2.31. The van der Waals surface area contributed by atoms with E-state index in [4.69, 9.17) is 4.74 Å². The van der Waals surface area contributed by atoms with Gasteiger partial charge >= 0.3 is 0 Å². The average molecular weight is 321 g/mol. The minimum absolute atomic E-state index is 0.0904. The zero-order valence-corrected chi connectivity index (χ0v) is 12.8. The first-order valence-corrected chi connectivity index (χ1v) is 7.88. The maximum atomic E-state index is 13.2. The maximum Gasteiger partial charge on any atom is 0.261 e. The summed E-state index contributed by atoms with van der Waals surface area (Å²) in [7, 11) is 0. The van der Waals surface area contributed by atoms with E-state index in [0.29, 0.717) is 17.7 Å². The number of fused-ring (bicyclic) bond motifs is 1. The molecule has 1 aliphatic heterocycles. The van der Waals surface area contributed by atoms with Crippen LogP contribution in [0.3, 0.4) is 0 Å². The molecule has 3 rings (SSSR count). The molecule has 1 aromatic carbocycles. The number of carbonyl (C=O) groups is 1. The predicted octanol–water partition coefficient (Wildman–Crippen LogP) is 2.21. The molecule has 1 amide bonds. The number of hydrogen-bond donors (Lipinski definition) is 2. The molecule has 1 aromatic heterocycles. The van der Waals surface area contributed by atoms with Crippen LogP contribution in [-0.4, -0.2) is 23.7 Å². The van der Waals surface area contributed by atoms with Gasteiger partial charge in [0, 0.05) is 12.0 Å². The lowest BCUT2D eigenvalue weighted by Gasteiger charge is -2.23. The van der Waals surface area contributed by atoms with Crippen molar-refractivity contribution in [3.05, 3.63) is 52.0 Å². The van der Waals surface area contributed by atoms with Crippen molar-refractivity contribution in [3.8, 4) is 5.75 Å². The molecule has 4 nitrogen and oxygen atoms in total. The van der Waals surface area contributed by atoms with Crippen molar-refractivity contribution in [2.45, 2.75) is 25.0 Å². The number of nitrogens with one attached hydrogen (secondary N) is 1. The second-order valence-electron chi connectivity index (χ2n) is 5.57. The lowest BCUT2D eigenvalue weighted by Crippen LogP contribution is -2.44. The molecule has 0 saturated carbocycles. The summed E-state index contributed by atoms with van der Waals surface area (Å²) in [6.45, 7) is 1.74. The van der Waals surface area contributed by atoms with Crippen LogP contribution in [0.25, 0.3) is 0 Å². The number of rotatable bonds is 4. The SMILES string of the molecule is CC(O)(CNC(=O)C1Cc2cc(F)ccc2O1)c1ccsc1. The Morgan fingerprint density at radius 3 is 3.09 bits per heavy atom. The first-order chi connectivity index (χ1) is 10.5. The second-order valence-corrected chi connectivity index (χ2v) is 6.35. The number of halogens is 1. The first kappa shape index (κ1) is 15.0. The third kappa shape index (κ3) is 2.98. The Balaban J connectivity index is 1.60. The van der Waals surface area contributed by atoms with Gasteiger partial charge in [-0.2, -0.15) is 11.3 Å². The van der Waals surface area contributed by atoms with Gasteiger partial charge in [0.1, 0.15) is 17.2 Å². The van der Waals surface area contributed by atoms with E-state index in [9.17, 15) is 14.3 Å². The molecule has 0 saturated heterocycles. The highest BCUT2D eigenvalue weighted by atomic mass is 32.1. The third-order valence-electron chi connectivity index (χ3n) is 3.74. The minimum atomic E-state index is -1.13. The second kappa shape index (κ2) is 5.70. The molecule has 0 bridgehead atoms. The van der Waals surface area contributed by atoms with Crippen LogP contribution >= 0.6 is 11.3 Å². The molecule has 2 N–H and O–H groups in total. The van der Waals surface area contributed by atoms with E-state index in [1.165, 1.54) is 29.5 Å². The number of aliphatic hydroxyl groups is 1. The Bertz CT molecular complexity index is 685. The van der Waals surface area contributed by atoms with Crippen molar-refractivity contribution >= 4 is 17.2 Å². The van der Waals surface area contributed by atoms with E-state index < -0.39 is 11.7 Å². The molecule has 2 heterocycles. The summed E-state index contributed by atoms with van der Waals surface area (Å²) in [5.74, 6) is -0.123. The van der Waals surface area contributed by atoms with E-state index in [1.54, 1.807) is 6.92 Å². The quantitative estimate of drug-likeness (QED) is 0.908. The number of benzene rings is 1. The van der Waals surface area contributed by atoms with Crippen LogP contribution in [0.4, 0.5) is 4.39 Å². The van der Waals surface area contributed by atoms with Crippen molar-refractivity contribution in [1.29, 1.82) is 0 Å². The van der Waals surface area contributed by atoms with Crippen LogP contribution in [0.15, 0.2) is 35.0 Å². The fraction of sp³-hybridized carbons (Fsp3) is 0.312. The van der Waals surface area contributed by atoms with Crippen molar-refractivity contribution in [1.82, 2.24) is 5.32 Å². The number of hydrogen-bond acceptors (Lipinski definition) is 4. The van der Waals surface area contributed by atoms with Crippen molar-refractivity contribution in [2.24, 2.45) is 0 Å². The molecular weight excluding hydrogens is 305 g/mol. The molecule has 2 aromatic rings. The predicted molar refractivity (Wildman–Crippen MR) is 81.4 cm³/mol. The van der Waals surface area contributed by atoms with Crippen LogP contribution in [0, 0.1) is 5.82 Å². The van der Waals surface area contributed by atoms with Gasteiger partial charge in [0.15, 0.2) is 6.10 Å². The third-order valence-corrected chi connectivity index (χ3v) is 4.42. The highest BCUT2D eigenvalue weighted by Crippen LogP contribution is 2.29. The number of thiophene rings is 1. The molecule has 116 valence electrons. The van der Waals surface area contributed by atoms with Crippen LogP contribution in [-0.2, 0) is 16.8 Å². The molecule has 0 fully saturated rings. The zero-order chi connectivity index (χ0) is 15.7. The Morgan fingerprint density at radius 2 is 2.36 bits per heavy atom. The monoisotopic (exact) mass is 321 g/mol. The maximum absolute atomic E-state index is 13.2. The van der Waals surface area contributed by atoms with E-state index in [2.05, 4.69) is 5.32 Å². The summed E-state index contributed by atoms with van der Waals surface area (Å²) < 4.78 is 18.7. The normalized spacial score (nSPS) is 19.1. The Hall–Kier alpha value is -1.92. The summed E-state index contributed by atoms with van der Waals surface area (Å²) in [6, 6.07) is 6.03. The summed E-state index contributed by atoms with van der Waals surface area (Å²) in [5, 5.41) is 16.8. The Morgan fingerprint density at radius 1 is 1.55 bits per heavy atom. The first-order valence-electron chi connectivity index (χ1n) is 6.93. The van der Waals surface area contributed by atoms with E-state index in [-0.39, 0.29) is 18.3 Å². The Kier molecular flexibility index (Phi) is 3.88. The van der Waals surface area contributed by atoms with Gasteiger partial charge in [-0.15, -0.1) is 0 Å². The molecule has 0 radical (unpaired) electrons.